The van der Waals surface area contributed by atoms with Crippen molar-refractivity contribution in [2.45, 2.75) is 46.0 Å². The lowest BCUT2D eigenvalue weighted by atomic mass is 9.82. The third-order valence-corrected chi connectivity index (χ3v) is 6.68. The van der Waals surface area contributed by atoms with Crippen molar-refractivity contribution in [2.24, 2.45) is 11.0 Å². The van der Waals surface area contributed by atoms with Gasteiger partial charge in [0, 0.05) is 37.1 Å². The van der Waals surface area contributed by atoms with Gasteiger partial charge in [-0.2, -0.15) is 5.10 Å². The highest BCUT2D eigenvalue weighted by molar-refractivity contribution is 6.12. The monoisotopic (exact) mass is 499 g/mol. The van der Waals surface area contributed by atoms with Crippen LogP contribution in [-0.4, -0.2) is 34.2 Å². The normalized spacial score (nSPS) is 16.5. The van der Waals surface area contributed by atoms with E-state index in [-0.39, 0.29) is 60.9 Å². The molecule has 0 spiro atoms. The van der Waals surface area contributed by atoms with Crippen LogP contribution in [0.1, 0.15) is 53.6 Å². The van der Waals surface area contributed by atoms with Gasteiger partial charge in [0.1, 0.15) is 17.3 Å². The van der Waals surface area contributed by atoms with Gasteiger partial charge in [-0.15, -0.1) is 0 Å². The van der Waals surface area contributed by atoms with Crippen LogP contribution in [0.25, 0.3) is 10.8 Å². The van der Waals surface area contributed by atoms with Crippen LogP contribution in [-0.2, 0) is 14.4 Å². The number of aryl methyl sites for hydroxylation is 2. The van der Waals surface area contributed by atoms with E-state index in [9.17, 15) is 24.3 Å². The molecular weight excluding hydrogens is 470 g/mol. The summed E-state index contributed by atoms with van der Waals surface area (Å²) >= 11 is 0. The summed E-state index contributed by atoms with van der Waals surface area (Å²) in [5, 5.41) is 18.8. The Kier molecular flexibility index (Phi) is 7.77. The number of nitrogens with one attached hydrogen (secondary N) is 2. The first kappa shape index (κ1) is 25.8. The lowest BCUT2D eigenvalue weighted by Gasteiger charge is -2.22. The van der Waals surface area contributed by atoms with Crippen molar-refractivity contribution in [3.63, 3.8) is 0 Å². The first-order valence-corrected chi connectivity index (χ1v) is 12.2. The number of hydrogen-bond acceptors (Lipinski definition) is 6. The van der Waals surface area contributed by atoms with Gasteiger partial charge >= 0.3 is 0 Å². The van der Waals surface area contributed by atoms with E-state index in [2.05, 4.69) is 15.8 Å². The largest absolute Gasteiger partial charge is 0.507 e. The van der Waals surface area contributed by atoms with Crippen LogP contribution in [0.4, 0.5) is 5.69 Å². The number of phenols is 1. The van der Waals surface area contributed by atoms with Crippen LogP contribution >= 0.6 is 0 Å². The number of amides is 2. The minimum atomic E-state index is -0.791. The van der Waals surface area contributed by atoms with E-state index in [0.717, 1.165) is 21.9 Å². The Morgan fingerprint density at radius 3 is 2.41 bits per heavy atom. The lowest BCUT2D eigenvalue weighted by molar-refractivity contribution is -0.127. The maximum absolute atomic E-state index is 13.0. The van der Waals surface area contributed by atoms with E-state index in [0.29, 0.717) is 11.4 Å². The topological polar surface area (TPSA) is 125 Å². The number of nitrogens with zero attached hydrogens (tertiary/aromatic N) is 1. The van der Waals surface area contributed by atoms with Crippen molar-refractivity contribution in [2.75, 3.05) is 5.32 Å². The molecule has 4 rings (SSSR count). The maximum atomic E-state index is 13.0. The molecular formula is C29H29N3O5. The van der Waals surface area contributed by atoms with Gasteiger partial charge in [-0.05, 0) is 66.4 Å². The summed E-state index contributed by atoms with van der Waals surface area (Å²) in [6.45, 7) is 3.94. The first-order valence-electron chi connectivity index (χ1n) is 12.2. The van der Waals surface area contributed by atoms with Crippen LogP contribution in [0.3, 0.4) is 0 Å². The number of anilines is 1. The molecule has 37 heavy (non-hydrogen) atoms. The number of Topliss-reactive ketones (excluding diaryl/α,β-unsaturated/α-hetero) is 2. The van der Waals surface area contributed by atoms with Crippen LogP contribution in [0, 0.1) is 19.8 Å². The van der Waals surface area contributed by atoms with Crippen molar-refractivity contribution >= 4 is 45.6 Å². The number of aromatic hydroxyl groups is 1. The highest BCUT2D eigenvalue weighted by atomic mass is 16.3. The lowest BCUT2D eigenvalue weighted by Crippen LogP contribution is -2.34. The van der Waals surface area contributed by atoms with E-state index in [1.165, 1.54) is 6.07 Å². The molecule has 0 bridgehead atoms. The molecule has 1 unspecified atom stereocenters. The molecule has 1 saturated carbocycles. The SMILES string of the molecule is Cc1ccc(NC(=O)CCC(=O)C2CC(=O)CC/C2=N/NC(=O)c2cc3ccccc3cc2O)cc1C. The van der Waals surface area contributed by atoms with E-state index in [1.807, 2.05) is 56.3 Å². The number of benzene rings is 3. The Morgan fingerprint density at radius 1 is 0.946 bits per heavy atom. The Hall–Kier alpha value is -4.33. The molecule has 1 atom stereocenters. The number of ketones is 2. The Balaban J connectivity index is 1.41. The summed E-state index contributed by atoms with van der Waals surface area (Å²) in [7, 11) is 0. The second-order valence-corrected chi connectivity index (χ2v) is 9.37. The molecule has 1 fully saturated rings. The smallest absolute Gasteiger partial charge is 0.275 e. The summed E-state index contributed by atoms with van der Waals surface area (Å²) in [5.41, 5.74) is 5.71. The fourth-order valence-corrected chi connectivity index (χ4v) is 4.37. The number of carbonyl (C=O) groups is 4. The Labute approximate surface area is 214 Å². The molecule has 190 valence electrons. The van der Waals surface area contributed by atoms with Crippen molar-refractivity contribution < 1.29 is 24.3 Å². The van der Waals surface area contributed by atoms with Crippen molar-refractivity contribution in [1.29, 1.82) is 0 Å². The zero-order valence-electron chi connectivity index (χ0n) is 20.8. The van der Waals surface area contributed by atoms with Crippen LogP contribution in [0.5, 0.6) is 5.75 Å². The molecule has 8 nitrogen and oxygen atoms in total. The number of hydrogen-bond donors (Lipinski definition) is 3. The van der Waals surface area contributed by atoms with Crippen molar-refractivity contribution in [3.8, 4) is 5.75 Å². The molecule has 2 amide bonds. The predicted molar refractivity (Wildman–Crippen MR) is 142 cm³/mol. The van der Waals surface area contributed by atoms with Gasteiger partial charge in [0.25, 0.3) is 5.91 Å². The molecule has 1 aliphatic carbocycles. The average molecular weight is 500 g/mol. The quantitative estimate of drug-likeness (QED) is 0.410. The van der Waals surface area contributed by atoms with E-state index in [1.54, 1.807) is 6.07 Å². The fraction of sp³-hybridized carbons (Fsp3) is 0.276. The number of rotatable bonds is 7. The summed E-state index contributed by atoms with van der Waals surface area (Å²) in [6, 6.07) is 16.0. The molecule has 8 heteroatoms. The molecule has 1 aliphatic rings. The van der Waals surface area contributed by atoms with E-state index >= 15 is 0 Å². The molecule has 3 aromatic rings. The Bertz CT molecular complexity index is 1430. The molecule has 0 aliphatic heterocycles. The van der Waals surface area contributed by atoms with E-state index in [4.69, 9.17) is 0 Å². The third kappa shape index (κ3) is 6.27. The van der Waals surface area contributed by atoms with E-state index < -0.39 is 11.8 Å². The summed E-state index contributed by atoms with van der Waals surface area (Å²) in [5.74, 6) is -2.22. The molecule has 3 N–H and O–H groups in total. The van der Waals surface area contributed by atoms with Crippen LogP contribution in [0.2, 0.25) is 0 Å². The zero-order valence-corrected chi connectivity index (χ0v) is 20.8. The zero-order chi connectivity index (χ0) is 26.5. The molecule has 0 aromatic heterocycles. The van der Waals surface area contributed by atoms with Gasteiger partial charge in [-0.25, -0.2) is 5.43 Å². The van der Waals surface area contributed by atoms with Gasteiger partial charge in [-0.1, -0.05) is 30.3 Å². The van der Waals surface area contributed by atoms with Crippen LogP contribution < -0.4 is 10.7 Å². The minimum absolute atomic E-state index is 0.00641. The van der Waals surface area contributed by atoms with Crippen LogP contribution in [0.15, 0.2) is 59.7 Å². The molecule has 3 aromatic carbocycles. The average Bonchev–Trinajstić information content (AvgIpc) is 2.88. The summed E-state index contributed by atoms with van der Waals surface area (Å²) < 4.78 is 0. The standard InChI is InChI=1S/C29H29N3O5/c1-17-7-8-21(13-18(17)2)30-28(36)12-11-26(34)23-16-22(33)9-10-25(23)31-32-29(37)24-14-19-5-3-4-6-20(19)15-27(24)35/h3-8,13-15,23,35H,9-12,16H2,1-2H3,(H,30,36)(H,32,37)/b31-25-. The van der Waals surface area contributed by atoms with Crippen molar-refractivity contribution in [3.05, 3.63) is 71.3 Å². The highest BCUT2D eigenvalue weighted by Crippen LogP contribution is 2.26. The molecule has 0 saturated heterocycles. The summed E-state index contributed by atoms with van der Waals surface area (Å²) in [4.78, 5) is 50.2. The number of carbonyl (C=O) groups excluding carboxylic acids is 4. The van der Waals surface area contributed by atoms with Gasteiger partial charge in [0.2, 0.25) is 5.91 Å². The number of hydrazone groups is 1. The second kappa shape index (κ2) is 11.2. The maximum Gasteiger partial charge on any atom is 0.275 e. The van der Waals surface area contributed by atoms with Crippen molar-refractivity contribution in [1.82, 2.24) is 5.43 Å². The Morgan fingerprint density at radius 2 is 1.68 bits per heavy atom. The first-order chi connectivity index (χ1) is 17.7. The van der Waals surface area contributed by atoms with Gasteiger partial charge in [0.05, 0.1) is 11.5 Å². The molecule has 0 heterocycles. The van der Waals surface area contributed by atoms with Gasteiger partial charge < -0.3 is 10.4 Å². The number of phenolic OH excluding ortho intramolecular Hbond substituents is 1. The summed E-state index contributed by atoms with van der Waals surface area (Å²) in [6.07, 6.45) is 0.392. The van der Waals surface area contributed by atoms with Gasteiger partial charge in [-0.3, -0.25) is 19.2 Å². The molecule has 0 radical (unpaired) electrons. The predicted octanol–water partition coefficient (Wildman–Crippen LogP) is 4.61. The fourth-order valence-electron chi connectivity index (χ4n) is 4.37. The number of fused-ring (bicyclic) bond motifs is 1. The highest BCUT2D eigenvalue weighted by Gasteiger charge is 2.31. The minimum Gasteiger partial charge on any atom is -0.507 e. The second-order valence-electron chi connectivity index (χ2n) is 9.37. The third-order valence-electron chi connectivity index (χ3n) is 6.68. The van der Waals surface area contributed by atoms with Gasteiger partial charge in [0.15, 0.2) is 0 Å².